The van der Waals surface area contributed by atoms with Gasteiger partial charge in [0.25, 0.3) is 0 Å². The summed E-state index contributed by atoms with van der Waals surface area (Å²) >= 11 is 9.38. The molecule has 2 aromatic heterocycles. The Labute approximate surface area is 117 Å². The molecular weight excluding hydrogens is 289 g/mol. The second-order valence-electron chi connectivity index (χ2n) is 3.94. The fourth-order valence-corrected chi connectivity index (χ4v) is 4.22. The van der Waals surface area contributed by atoms with Crippen molar-refractivity contribution >= 4 is 43.7 Å². The average molecular weight is 298 g/mol. The Morgan fingerprint density at radius 3 is 2.78 bits per heavy atom. The van der Waals surface area contributed by atoms with E-state index in [1.54, 1.807) is 28.7 Å². The molecule has 2 N–H and O–H groups in total. The van der Waals surface area contributed by atoms with Gasteiger partial charge in [-0.25, -0.2) is 4.39 Å². The number of hydrogen-bond donors (Lipinski definition) is 1. The Bertz CT molecular complexity index is 675. The van der Waals surface area contributed by atoms with Crippen LogP contribution in [0.15, 0.2) is 35.7 Å². The zero-order chi connectivity index (χ0) is 12.7. The van der Waals surface area contributed by atoms with Gasteiger partial charge in [0.15, 0.2) is 0 Å². The molecule has 1 nitrogen and oxygen atoms in total. The Kier molecular flexibility index (Phi) is 3.11. The molecule has 3 rings (SSSR count). The van der Waals surface area contributed by atoms with Gasteiger partial charge in [0.2, 0.25) is 0 Å². The van der Waals surface area contributed by atoms with E-state index in [0.29, 0.717) is 10.6 Å². The third-order valence-electron chi connectivity index (χ3n) is 2.76. The van der Waals surface area contributed by atoms with Gasteiger partial charge in [0.1, 0.15) is 5.82 Å². The second kappa shape index (κ2) is 4.63. The highest BCUT2D eigenvalue weighted by molar-refractivity contribution is 7.27. The van der Waals surface area contributed by atoms with Crippen molar-refractivity contribution < 1.29 is 4.39 Å². The number of nitrogens with two attached hydrogens (primary N) is 1. The van der Waals surface area contributed by atoms with Crippen LogP contribution in [0, 0.1) is 5.82 Å². The summed E-state index contributed by atoms with van der Waals surface area (Å²) in [5.41, 5.74) is 6.80. The van der Waals surface area contributed by atoms with Crippen molar-refractivity contribution in [3.8, 4) is 0 Å². The summed E-state index contributed by atoms with van der Waals surface area (Å²) in [5, 5.41) is 2.55. The summed E-state index contributed by atoms with van der Waals surface area (Å²) in [4.78, 5) is 1.00. The summed E-state index contributed by atoms with van der Waals surface area (Å²) in [5.74, 6) is -0.316. The molecule has 0 saturated heterocycles. The minimum atomic E-state index is -0.377. The lowest BCUT2D eigenvalue weighted by Crippen LogP contribution is -2.11. The average Bonchev–Trinajstić information content (AvgIpc) is 2.91. The van der Waals surface area contributed by atoms with Crippen LogP contribution in [-0.2, 0) is 0 Å². The summed E-state index contributed by atoms with van der Waals surface area (Å²) < 4.78 is 15.7. The van der Waals surface area contributed by atoms with Crippen LogP contribution in [-0.4, -0.2) is 0 Å². The van der Waals surface area contributed by atoms with E-state index < -0.39 is 0 Å². The molecule has 18 heavy (non-hydrogen) atoms. The lowest BCUT2D eigenvalue weighted by atomic mass is 10.1. The zero-order valence-electron chi connectivity index (χ0n) is 9.19. The maximum atomic E-state index is 13.3. The number of rotatable bonds is 2. The van der Waals surface area contributed by atoms with Crippen molar-refractivity contribution in [3.05, 3.63) is 57.0 Å². The highest BCUT2D eigenvalue weighted by Crippen LogP contribution is 2.36. The first-order valence-corrected chi connectivity index (χ1v) is 7.40. The van der Waals surface area contributed by atoms with Crippen LogP contribution >= 0.6 is 34.3 Å². The van der Waals surface area contributed by atoms with Crippen LogP contribution in [0.5, 0.6) is 0 Å². The van der Waals surface area contributed by atoms with Gasteiger partial charge in [0, 0.05) is 19.3 Å². The molecule has 0 aliphatic heterocycles. The molecule has 0 bridgehead atoms. The van der Waals surface area contributed by atoms with Crippen LogP contribution in [0.2, 0.25) is 5.02 Å². The molecule has 1 aromatic carbocycles. The largest absolute Gasteiger partial charge is 0.320 e. The summed E-state index contributed by atoms with van der Waals surface area (Å²) in [6.45, 7) is 0. The van der Waals surface area contributed by atoms with Crippen molar-refractivity contribution in [2.24, 2.45) is 5.73 Å². The number of fused-ring (bicyclic) bond motifs is 1. The predicted octanol–water partition coefficient (Wildman–Crippen LogP) is 4.80. The quantitative estimate of drug-likeness (QED) is 0.722. The number of benzene rings is 1. The minimum absolute atomic E-state index is 0.316. The van der Waals surface area contributed by atoms with Crippen LogP contribution in [0.3, 0.4) is 0 Å². The van der Waals surface area contributed by atoms with Crippen molar-refractivity contribution in [1.82, 2.24) is 0 Å². The molecule has 2 heterocycles. The van der Waals surface area contributed by atoms with Gasteiger partial charge >= 0.3 is 0 Å². The van der Waals surface area contributed by atoms with Gasteiger partial charge in [-0.1, -0.05) is 11.6 Å². The van der Waals surface area contributed by atoms with E-state index >= 15 is 0 Å². The lowest BCUT2D eigenvalue weighted by molar-refractivity contribution is 0.624. The maximum absolute atomic E-state index is 13.3. The molecule has 92 valence electrons. The van der Waals surface area contributed by atoms with Crippen molar-refractivity contribution in [2.75, 3.05) is 0 Å². The van der Waals surface area contributed by atoms with Crippen molar-refractivity contribution in [3.63, 3.8) is 0 Å². The van der Waals surface area contributed by atoms with E-state index in [2.05, 4.69) is 12.1 Å². The normalized spacial score (nSPS) is 13.1. The standard InChI is InChI=1S/C13H9ClFNS2/c14-9-2-1-7(15)5-8(9)13(16)12-6-11-10(18-12)3-4-17-11/h1-6,13H,16H2. The van der Waals surface area contributed by atoms with Gasteiger partial charge in [0.05, 0.1) is 6.04 Å². The molecule has 3 aromatic rings. The third-order valence-corrected chi connectivity index (χ3v) is 5.28. The van der Waals surface area contributed by atoms with E-state index in [-0.39, 0.29) is 11.9 Å². The predicted molar refractivity (Wildman–Crippen MR) is 77.1 cm³/mol. The van der Waals surface area contributed by atoms with E-state index in [9.17, 15) is 4.39 Å². The SMILES string of the molecule is NC(c1cc2sccc2s1)c1cc(F)ccc1Cl. The first-order valence-electron chi connectivity index (χ1n) is 5.32. The van der Waals surface area contributed by atoms with E-state index in [1.807, 2.05) is 5.38 Å². The first kappa shape index (κ1) is 12.1. The molecule has 0 saturated carbocycles. The molecular formula is C13H9ClFNS2. The van der Waals surface area contributed by atoms with Crippen molar-refractivity contribution in [2.45, 2.75) is 6.04 Å². The molecule has 1 unspecified atom stereocenters. The van der Waals surface area contributed by atoms with Gasteiger partial charge < -0.3 is 5.73 Å². The van der Waals surface area contributed by atoms with Gasteiger partial charge in [-0.3, -0.25) is 0 Å². The smallest absolute Gasteiger partial charge is 0.123 e. The van der Waals surface area contributed by atoms with Crippen LogP contribution in [0.4, 0.5) is 4.39 Å². The monoisotopic (exact) mass is 297 g/mol. The first-order chi connectivity index (χ1) is 8.65. The lowest BCUT2D eigenvalue weighted by Gasteiger charge is -2.11. The fraction of sp³-hybridized carbons (Fsp3) is 0.0769. The maximum Gasteiger partial charge on any atom is 0.123 e. The molecule has 0 aliphatic rings. The highest BCUT2D eigenvalue weighted by atomic mass is 35.5. The Balaban J connectivity index is 2.05. The van der Waals surface area contributed by atoms with Gasteiger partial charge in [-0.15, -0.1) is 22.7 Å². The fourth-order valence-electron chi connectivity index (χ4n) is 1.84. The Morgan fingerprint density at radius 1 is 1.17 bits per heavy atom. The Hall–Kier alpha value is -0.940. The zero-order valence-corrected chi connectivity index (χ0v) is 11.6. The van der Waals surface area contributed by atoms with Gasteiger partial charge in [-0.2, -0.15) is 0 Å². The molecule has 0 radical (unpaired) electrons. The molecule has 0 aliphatic carbocycles. The van der Waals surface area contributed by atoms with Crippen LogP contribution < -0.4 is 5.73 Å². The molecule has 1 atom stereocenters. The molecule has 0 fully saturated rings. The number of halogens is 2. The number of hydrogen-bond acceptors (Lipinski definition) is 3. The van der Waals surface area contributed by atoms with Crippen LogP contribution in [0.1, 0.15) is 16.5 Å². The summed E-state index contributed by atoms with van der Waals surface area (Å²) in [6, 6.07) is 8.02. The van der Waals surface area contributed by atoms with Crippen molar-refractivity contribution in [1.29, 1.82) is 0 Å². The second-order valence-corrected chi connectivity index (χ2v) is 6.41. The van der Waals surface area contributed by atoms with E-state index in [4.69, 9.17) is 17.3 Å². The Morgan fingerprint density at radius 2 is 2.00 bits per heavy atom. The summed E-state index contributed by atoms with van der Waals surface area (Å²) in [7, 11) is 0. The van der Waals surface area contributed by atoms with Crippen LogP contribution in [0.25, 0.3) is 9.40 Å². The number of thiophene rings is 2. The van der Waals surface area contributed by atoms with E-state index in [0.717, 1.165) is 4.88 Å². The molecule has 5 heteroatoms. The molecule has 0 spiro atoms. The third kappa shape index (κ3) is 2.06. The van der Waals surface area contributed by atoms with Gasteiger partial charge in [-0.05, 0) is 41.3 Å². The summed E-state index contributed by atoms with van der Waals surface area (Å²) in [6.07, 6.45) is 0. The highest BCUT2D eigenvalue weighted by Gasteiger charge is 2.16. The van der Waals surface area contributed by atoms with E-state index in [1.165, 1.54) is 21.5 Å². The molecule has 0 amide bonds. The minimum Gasteiger partial charge on any atom is -0.320 e. The topological polar surface area (TPSA) is 26.0 Å².